The first-order valence-electron chi connectivity index (χ1n) is 3.63. The predicted octanol–water partition coefficient (Wildman–Crippen LogP) is 2.03. The van der Waals surface area contributed by atoms with Gasteiger partial charge < -0.3 is 5.11 Å². The zero-order valence-corrected chi connectivity index (χ0v) is 9.30. The van der Waals surface area contributed by atoms with Crippen molar-refractivity contribution in [3.05, 3.63) is 16.3 Å². The van der Waals surface area contributed by atoms with Gasteiger partial charge in [-0.3, -0.25) is 9.11 Å². The Bertz CT molecular complexity index is 347. The average Bonchev–Trinajstić information content (AvgIpc) is 2.51. The van der Waals surface area contributed by atoms with Crippen LogP contribution in [0.3, 0.4) is 0 Å². The van der Waals surface area contributed by atoms with Gasteiger partial charge in [0, 0.05) is 19.5 Å². The lowest BCUT2D eigenvalue weighted by molar-refractivity contribution is 0.0702. The molecule has 14 heavy (non-hydrogen) atoms. The number of carboxylic acids is 1. The minimum Gasteiger partial charge on any atom is -0.477 e. The third-order valence-corrected chi connectivity index (χ3v) is 4.57. The summed E-state index contributed by atoms with van der Waals surface area (Å²) in [5.41, 5.74) is 0. The van der Waals surface area contributed by atoms with Gasteiger partial charge in [-0.25, -0.2) is 9.10 Å². The molecule has 0 amide bonds. The fourth-order valence-corrected chi connectivity index (χ4v) is 2.83. The van der Waals surface area contributed by atoms with Crippen molar-refractivity contribution in [2.75, 3.05) is 14.1 Å². The van der Waals surface area contributed by atoms with Gasteiger partial charge in [-0.2, -0.15) is 0 Å². The quantitative estimate of drug-likeness (QED) is 0.749. The van der Waals surface area contributed by atoms with E-state index < -0.39 is 16.7 Å². The van der Waals surface area contributed by atoms with Gasteiger partial charge in [0.25, 0.3) is 0 Å². The van der Waals surface area contributed by atoms with E-state index in [9.17, 15) is 13.9 Å². The first-order chi connectivity index (χ1) is 6.35. The summed E-state index contributed by atoms with van der Waals surface area (Å²) in [6, 6.07) is 1.28. The Morgan fingerprint density at radius 2 is 2.07 bits per heavy atom. The van der Waals surface area contributed by atoms with Crippen molar-refractivity contribution in [3.8, 4) is 0 Å². The number of hydrogen-bond acceptors (Lipinski definition) is 5. The van der Waals surface area contributed by atoms with Crippen LogP contribution in [0, 0.1) is 0 Å². The molecule has 0 aliphatic rings. The monoisotopic (exact) mass is 237 g/mol. The molecule has 5 nitrogen and oxygen atoms in total. The summed E-state index contributed by atoms with van der Waals surface area (Å²) in [7, 11) is 0.0334. The summed E-state index contributed by atoms with van der Waals surface area (Å²) >= 11 is 0.977. The molecular weight excluding hydrogens is 226 g/mol. The molecule has 0 bridgehead atoms. The number of rotatable bonds is 3. The van der Waals surface area contributed by atoms with Gasteiger partial charge >= 0.3 is 5.97 Å². The number of hydrogen-bond donors (Lipinski definition) is 3. The normalized spacial score (nSPS) is 13.2. The van der Waals surface area contributed by atoms with Crippen molar-refractivity contribution < 1.29 is 19.0 Å². The SMILES string of the molecule is CN(C)S(O)(O)c1csc(C(=O)O)c1. The van der Waals surface area contributed by atoms with E-state index >= 15 is 0 Å². The molecular formula is C7H11NO4S2. The molecule has 0 fully saturated rings. The van der Waals surface area contributed by atoms with Gasteiger partial charge in [-0.15, -0.1) is 22.1 Å². The lowest BCUT2D eigenvalue weighted by Crippen LogP contribution is -2.18. The Hall–Kier alpha value is -0.600. The predicted molar refractivity (Wildman–Crippen MR) is 56.1 cm³/mol. The van der Waals surface area contributed by atoms with Crippen LogP contribution in [-0.4, -0.2) is 38.6 Å². The van der Waals surface area contributed by atoms with Crippen LogP contribution in [0.5, 0.6) is 0 Å². The molecule has 1 heterocycles. The highest BCUT2D eigenvalue weighted by molar-refractivity contribution is 8.22. The molecule has 0 aliphatic carbocycles. The van der Waals surface area contributed by atoms with Gasteiger partial charge in [0.15, 0.2) is 0 Å². The van der Waals surface area contributed by atoms with Crippen LogP contribution in [-0.2, 0) is 0 Å². The second-order valence-electron chi connectivity index (χ2n) is 2.78. The fraction of sp³-hybridized carbons (Fsp3) is 0.286. The zero-order chi connectivity index (χ0) is 10.9. The van der Waals surface area contributed by atoms with Crippen molar-refractivity contribution in [3.63, 3.8) is 0 Å². The Balaban J connectivity index is 3.02. The molecule has 1 rings (SSSR count). The van der Waals surface area contributed by atoms with Crippen molar-refractivity contribution in [2.24, 2.45) is 0 Å². The third kappa shape index (κ3) is 2.07. The number of carbonyl (C=O) groups is 1. The van der Waals surface area contributed by atoms with Crippen molar-refractivity contribution in [1.82, 2.24) is 4.31 Å². The summed E-state index contributed by atoms with van der Waals surface area (Å²) in [5.74, 6) is -1.06. The van der Waals surface area contributed by atoms with E-state index in [0.717, 1.165) is 11.3 Å². The van der Waals surface area contributed by atoms with E-state index in [4.69, 9.17) is 5.11 Å². The van der Waals surface area contributed by atoms with E-state index in [1.54, 1.807) is 0 Å². The van der Waals surface area contributed by atoms with Crippen LogP contribution in [0.15, 0.2) is 16.3 Å². The number of carboxylic acid groups (broad SMARTS) is 1. The summed E-state index contributed by atoms with van der Waals surface area (Å²) in [4.78, 5) is 10.9. The molecule has 0 spiro atoms. The van der Waals surface area contributed by atoms with Crippen molar-refractivity contribution >= 4 is 28.1 Å². The van der Waals surface area contributed by atoms with Crippen LogP contribution in [0.1, 0.15) is 9.67 Å². The van der Waals surface area contributed by atoms with Crippen molar-refractivity contribution in [2.45, 2.75) is 4.90 Å². The summed E-state index contributed by atoms with van der Waals surface area (Å²) in [5, 5.41) is 10.1. The van der Waals surface area contributed by atoms with Gasteiger partial charge in [0.2, 0.25) is 0 Å². The summed E-state index contributed by atoms with van der Waals surface area (Å²) in [6.07, 6.45) is 0. The molecule has 3 N–H and O–H groups in total. The Kier molecular flexibility index (Phi) is 3.17. The minimum atomic E-state index is -3.01. The van der Waals surface area contributed by atoms with Crippen LogP contribution in [0.2, 0.25) is 0 Å². The maximum Gasteiger partial charge on any atom is 0.345 e. The van der Waals surface area contributed by atoms with Gasteiger partial charge in [-0.05, 0) is 6.07 Å². The van der Waals surface area contributed by atoms with Crippen molar-refractivity contribution in [1.29, 1.82) is 0 Å². The minimum absolute atomic E-state index is 0.0989. The number of thiophene rings is 1. The first-order valence-corrected chi connectivity index (χ1v) is 6.01. The molecule has 0 aromatic carbocycles. The van der Waals surface area contributed by atoms with E-state index in [0.29, 0.717) is 0 Å². The van der Waals surface area contributed by atoms with E-state index in [1.165, 1.54) is 29.8 Å². The Morgan fingerprint density at radius 1 is 1.50 bits per heavy atom. The lowest BCUT2D eigenvalue weighted by Gasteiger charge is -2.37. The highest BCUT2D eigenvalue weighted by atomic mass is 32.3. The van der Waals surface area contributed by atoms with Crippen LogP contribution >= 0.6 is 22.1 Å². The molecule has 0 atom stereocenters. The largest absolute Gasteiger partial charge is 0.477 e. The Morgan fingerprint density at radius 3 is 2.43 bits per heavy atom. The van der Waals surface area contributed by atoms with E-state index in [2.05, 4.69) is 0 Å². The van der Waals surface area contributed by atoms with Gasteiger partial charge in [0.05, 0.1) is 4.90 Å². The van der Waals surface area contributed by atoms with E-state index in [-0.39, 0.29) is 9.77 Å². The molecule has 0 saturated heterocycles. The molecule has 1 aromatic rings. The highest BCUT2D eigenvalue weighted by Gasteiger charge is 2.21. The highest BCUT2D eigenvalue weighted by Crippen LogP contribution is 2.50. The second kappa shape index (κ2) is 3.87. The molecule has 80 valence electrons. The Labute approximate surface area is 87.1 Å². The number of nitrogens with zero attached hydrogens (tertiary/aromatic N) is 1. The first kappa shape index (κ1) is 11.5. The maximum atomic E-state index is 10.6. The molecule has 0 saturated carbocycles. The van der Waals surface area contributed by atoms with Gasteiger partial charge in [-0.1, -0.05) is 0 Å². The molecule has 7 heteroatoms. The smallest absolute Gasteiger partial charge is 0.345 e. The molecule has 0 radical (unpaired) electrons. The number of aromatic carboxylic acids is 1. The van der Waals surface area contributed by atoms with Crippen LogP contribution in [0.4, 0.5) is 0 Å². The molecule has 0 unspecified atom stereocenters. The van der Waals surface area contributed by atoms with Crippen LogP contribution in [0.25, 0.3) is 0 Å². The zero-order valence-electron chi connectivity index (χ0n) is 7.67. The summed E-state index contributed by atoms with van der Waals surface area (Å²) < 4.78 is 20.5. The second-order valence-corrected chi connectivity index (χ2v) is 5.93. The average molecular weight is 237 g/mol. The topological polar surface area (TPSA) is 81.0 Å². The third-order valence-electron chi connectivity index (χ3n) is 1.61. The molecule has 1 aromatic heterocycles. The fourth-order valence-electron chi connectivity index (χ4n) is 0.785. The van der Waals surface area contributed by atoms with Gasteiger partial charge in [0.1, 0.15) is 4.88 Å². The summed E-state index contributed by atoms with van der Waals surface area (Å²) in [6.45, 7) is 0. The van der Waals surface area contributed by atoms with Crippen LogP contribution < -0.4 is 0 Å². The maximum absolute atomic E-state index is 10.6. The molecule has 0 aliphatic heterocycles. The lowest BCUT2D eigenvalue weighted by atomic mass is 10.5. The van der Waals surface area contributed by atoms with E-state index in [1.807, 2.05) is 0 Å². The standard InChI is InChI=1S/C7H11NO4S2/c1-8(2)14(11,12)5-3-6(7(9)10)13-4-5/h3-4,11-12H,1-2H3,(H,9,10).